The van der Waals surface area contributed by atoms with E-state index in [1.807, 2.05) is 0 Å². The van der Waals surface area contributed by atoms with Gasteiger partial charge in [-0.1, -0.05) is 57.8 Å². The molecule has 0 aromatic carbocycles. The minimum absolute atomic E-state index is 0.244. The molecule has 3 fully saturated rings. The highest BCUT2D eigenvalue weighted by Crippen LogP contribution is 2.60. The summed E-state index contributed by atoms with van der Waals surface area (Å²) in [5.41, 5.74) is -17.0. The zero-order valence-electron chi connectivity index (χ0n) is 29.5. The Labute approximate surface area is 270 Å². The van der Waals surface area contributed by atoms with Crippen molar-refractivity contribution in [2.75, 3.05) is 19.8 Å². The Kier molecular flexibility index (Phi) is 10.8. The molecule has 0 radical (unpaired) electrons. The van der Waals surface area contributed by atoms with Crippen molar-refractivity contribution in [3.8, 4) is 0 Å². The second-order valence-corrected chi connectivity index (χ2v) is 15.9. The third kappa shape index (κ3) is 5.73. The lowest BCUT2D eigenvalue weighted by Gasteiger charge is -2.70. The molecule has 0 amide bonds. The van der Waals surface area contributed by atoms with Crippen LogP contribution in [0.2, 0.25) is 0 Å². The Hall–Kier alpha value is -0.440. The van der Waals surface area contributed by atoms with E-state index in [2.05, 4.69) is 0 Å². The fourth-order valence-corrected chi connectivity index (χ4v) is 8.00. The summed E-state index contributed by atoms with van der Waals surface area (Å²) in [7, 11) is 0. The van der Waals surface area contributed by atoms with Gasteiger partial charge in [0.25, 0.3) is 0 Å². The Morgan fingerprint density at radius 1 is 0.556 bits per heavy atom. The van der Waals surface area contributed by atoms with E-state index in [9.17, 15) is 35.7 Å². The molecule has 45 heavy (non-hydrogen) atoms. The summed E-state index contributed by atoms with van der Waals surface area (Å²) < 4.78 is 25.3. The number of rotatable bonds is 12. The van der Waals surface area contributed by atoms with Gasteiger partial charge in [0.15, 0.2) is 11.6 Å². The van der Waals surface area contributed by atoms with Crippen LogP contribution in [0.15, 0.2) is 0 Å². The highest BCUT2D eigenvalue weighted by Gasteiger charge is 2.80. The Morgan fingerprint density at radius 2 is 1.04 bits per heavy atom. The van der Waals surface area contributed by atoms with E-state index in [0.717, 1.165) is 25.2 Å². The first-order valence-electron chi connectivity index (χ1n) is 16.9. The molecule has 2 aliphatic heterocycles. The summed E-state index contributed by atoms with van der Waals surface area (Å²) in [5, 5.41) is 80.3. The molecule has 3 rings (SSSR count). The van der Waals surface area contributed by atoms with Crippen LogP contribution in [0.4, 0.5) is 0 Å². The first kappa shape index (κ1) is 39.0. The average Bonchev–Trinajstić information content (AvgIpc) is 2.95. The smallest absolute Gasteiger partial charge is 0.198 e. The molecule has 2 heterocycles. The second kappa shape index (κ2) is 12.5. The number of aliphatic hydroxyl groups is 7. The van der Waals surface area contributed by atoms with E-state index in [0.29, 0.717) is 0 Å². The highest BCUT2D eigenvalue weighted by molar-refractivity contribution is 5.26. The molecule has 0 aromatic heterocycles. The molecular weight excluding hydrogens is 584 g/mol. The molecule has 3 aliphatic rings. The van der Waals surface area contributed by atoms with Crippen LogP contribution in [-0.4, -0.2) is 112 Å². The van der Waals surface area contributed by atoms with Crippen molar-refractivity contribution in [1.29, 1.82) is 0 Å². The van der Waals surface area contributed by atoms with Gasteiger partial charge in [0.1, 0.15) is 44.8 Å². The molecule has 11 heteroatoms. The maximum absolute atomic E-state index is 12.3. The van der Waals surface area contributed by atoms with Gasteiger partial charge in [-0.2, -0.15) is 0 Å². The van der Waals surface area contributed by atoms with Crippen LogP contribution in [0, 0.1) is 5.92 Å². The number of unbranched alkanes of at least 4 members (excludes halogenated alkanes) is 3. The maximum atomic E-state index is 12.3. The molecule has 10 atom stereocenters. The molecule has 0 spiro atoms. The topological polar surface area (TPSA) is 179 Å². The summed E-state index contributed by atoms with van der Waals surface area (Å²) in [6.45, 7) is 12.2. The number of aliphatic hydroxyl groups excluding tert-OH is 2. The van der Waals surface area contributed by atoms with Gasteiger partial charge in [-0.3, -0.25) is 0 Å². The van der Waals surface area contributed by atoms with Crippen molar-refractivity contribution in [1.82, 2.24) is 0 Å². The summed E-state index contributed by atoms with van der Waals surface area (Å²) in [6.07, 6.45) is 11.9. The zero-order valence-corrected chi connectivity index (χ0v) is 29.5. The molecule has 1 aliphatic carbocycles. The monoisotopic (exact) mass is 648 g/mol. The van der Waals surface area contributed by atoms with Gasteiger partial charge in [-0.15, -0.1) is 0 Å². The molecule has 7 unspecified atom stereocenters. The first-order valence-corrected chi connectivity index (χ1v) is 16.9. The minimum Gasteiger partial charge on any atom is -0.393 e. The molecule has 1 saturated carbocycles. The van der Waals surface area contributed by atoms with Crippen LogP contribution in [0.5, 0.6) is 0 Å². The van der Waals surface area contributed by atoms with Crippen molar-refractivity contribution in [2.24, 2.45) is 5.92 Å². The van der Waals surface area contributed by atoms with Gasteiger partial charge in [0, 0.05) is 0 Å². The van der Waals surface area contributed by atoms with Crippen LogP contribution in [-0.2, 0) is 18.9 Å². The van der Waals surface area contributed by atoms with Crippen molar-refractivity contribution in [2.45, 2.75) is 190 Å². The second-order valence-electron chi connectivity index (χ2n) is 15.9. The van der Waals surface area contributed by atoms with Gasteiger partial charge in [-0.25, -0.2) is 0 Å². The lowest BCUT2D eigenvalue weighted by molar-refractivity contribution is -0.519. The van der Waals surface area contributed by atoms with Crippen LogP contribution < -0.4 is 0 Å². The molecule has 0 aromatic rings. The van der Waals surface area contributed by atoms with Crippen molar-refractivity contribution < 1.29 is 54.7 Å². The Morgan fingerprint density at radius 3 is 1.58 bits per heavy atom. The van der Waals surface area contributed by atoms with Gasteiger partial charge in [0.05, 0.1) is 19.8 Å². The minimum atomic E-state index is -2.38. The lowest BCUT2D eigenvalue weighted by atomic mass is 9.59. The maximum Gasteiger partial charge on any atom is 0.198 e. The number of hydrogen-bond acceptors (Lipinski definition) is 11. The third-order valence-corrected chi connectivity index (χ3v) is 13.0. The van der Waals surface area contributed by atoms with Crippen LogP contribution in [0.3, 0.4) is 0 Å². The quantitative estimate of drug-likeness (QED) is 0.155. The Balaban J connectivity index is 1.85. The first-order chi connectivity index (χ1) is 20.3. The van der Waals surface area contributed by atoms with Crippen molar-refractivity contribution >= 4 is 0 Å². The standard InChI is InChI=1S/C34H64O11/c1-25(22-35)27(3,37)28(4,38)30(6,40)34(10,43-25)45-32(8)26(2,23-36)44-33(9,31(7,41)29(32,5)39)42-21-17-12-11-14-18-24-19-15-13-16-20-24/h24,35-41H,11-23H2,1-10H3/t25?,26?,27?,28?,29?,30?,31?,32-,33-,34-/m1/s1. The fraction of sp³-hybridized carbons (Fsp3) is 1.00. The highest BCUT2D eigenvalue weighted by atomic mass is 16.8. The van der Waals surface area contributed by atoms with Gasteiger partial charge >= 0.3 is 0 Å². The molecule has 7 N–H and O–H groups in total. The van der Waals surface area contributed by atoms with Gasteiger partial charge in [0.2, 0.25) is 0 Å². The van der Waals surface area contributed by atoms with Crippen LogP contribution in [0.25, 0.3) is 0 Å². The van der Waals surface area contributed by atoms with E-state index in [1.165, 1.54) is 114 Å². The molecular formula is C34H64O11. The van der Waals surface area contributed by atoms with E-state index in [4.69, 9.17) is 18.9 Å². The van der Waals surface area contributed by atoms with Crippen molar-refractivity contribution in [3.05, 3.63) is 0 Å². The predicted octanol–water partition coefficient (Wildman–Crippen LogP) is 3.06. The largest absolute Gasteiger partial charge is 0.393 e. The van der Waals surface area contributed by atoms with E-state index in [-0.39, 0.29) is 6.61 Å². The molecule has 2 saturated heterocycles. The summed E-state index contributed by atoms with van der Waals surface area (Å²) in [6, 6.07) is 0. The van der Waals surface area contributed by atoms with Gasteiger partial charge in [-0.05, 0) is 81.6 Å². The zero-order chi connectivity index (χ0) is 34.6. The summed E-state index contributed by atoms with van der Waals surface area (Å²) in [4.78, 5) is 0. The average molecular weight is 649 g/mol. The van der Waals surface area contributed by atoms with Crippen molar-refractivity contribution in [3.63, 3.8) is 0 Å². The van der Waals surface area contributed by atoms with Crippen LogP contribution in [0.1, 0.15) is 133 Å². The fourth-order valence-electron chi connectivity index (χ4n) is 8.00. The lowest BCUT2D eigenvalue weighted by Crippen LogP contribution is -2.89. The van der Waals surface area contributed by atoms with E-state index in [1.54, 1.807) is 0 Å². The number of ether oxygens (including phenoxy) is 4. The summed E-state index contributed by atoms with van der Waals surface area (Å²) >= 11 is 0. The molecule has 0 bridgehead atoms. The van der Waals surface area contributed by atoms with E-state index >= 15 is 0 Å². The van der Waals surface area contributed by atoms with E-state index < -0.39 is 69.6 Å². The SMILES string of the molecule is CC1(CO)O[C@](C)(O[C@]2(C)C(C)(CO)O[C@@](C)(OCCCCCCC3CCCCC3)C(C)(O)C2(C)O)C(C)(O)C(C)(O)C1(C)O. The normalized spacial score (nSPS) is 51.4. The van der Waals surface area contributed by atoms with Gasteiger partial charge < -0.3 is 54.7 Å². The van der Waals surface area contributed by atoms with Crippen LogP contribution >= 0.6 is 0 Å². The summed E-state index contributed by atoms with van der Waals surface area (Å²) in [5.74, 6) is -3.21. The third-order valence-electron chi connectivity index (χ3n) is 13.0. The number of hydrogen-bond donors (Lipinski definition) is 7. The molecule has 266 valence electrons. The predicted molar refractivity (Wildman–Crippen MR) is 168 cm³/mol. The Bertz CT molecular complexity index is 1020. The molecule has 11 nitrogen and oxygen atoms in total.